The van der Waals surface area contributed by atoms with Crippen molar-refractivity contribution in [2.24, 2.45) is 0 Å². The molecule has 2 rings (SSSR count). The summed E-state index contributed by atoms with van der Waals surface area (Å²) in [6, 6.07) is 2.57. The van der Waals surface area contributed by atoms with Gasteiger partial charge in [0.1, 0.15) is 11.2 Å². The number of aromatic nitrogens is 1. The second-order valence-electron chi connectivity index (χ2n) is 7.13. The molecule has 2 unspecified atom stereocenters. The largest absolute Gasteiger partial charge is 0.480 e. The van der Waals surface area contributed by atoms with Crippen LogP contribution >= 0.6 is 0 Å². The Hall–Kier alpha value is -1.82. The molecule has 6 nitrogen and oxygen atoms in total. The number of nitrogens with one attached hydrogen (secondary N) is 1. The molecule has 0 amide bonds. The molecule has 2 heterocycles. The minimum atomic E-state index is -0.559. The van der Waals surface area contributed by atoms with Gasteiger partial charge in [0.15, 0.2) is 0 Å². The Morgan fingerprint density at radius 2 is 1.91 bits per heavy atom. The first-order valence-corrected chi connectivity index (χ1v) is 7.98. The van der Waals surface area contributed by atoms with Crippen LogP contribution in [0.15, 0.2) is 12.3 Å². The van der Waals surface area contributed by atoms with Gasteiger partial charge in [0.25, 0.3) is 0 Å². The van der Waals surface area contributed by atoms with E-state index >= 15 is 0 Å². The van der Waals surface area contributed by atoms with Crippen LogP contribution in [0.25, 0.3) is 0 Å². The molecule has 0 aromatic carbocycles. The van der Waals surface area contributed by atoms with Crippen molar-refractivity contribution in [1.29, 1.82) is 0 Å². The number of anilines is 1. The number of nitrogens with zero attached hydrogens (tertiary/aromatic N) is 2. The highest BCUT2D eigenvalue weighted by Crippen LogP contribution is 2.25. The van der Waals surface area contributed by atoms with E-state index in [1.54, 1.807) is 6.20 Å². The van der Waals surface area contributed by atoms with E-state index in [-0.39, 0.29) is 0 Å². The van der Waals surface area contributed by atoms with Crippen LogP contribution in [0.3, 0.4) is 0 Å². The molecule has 128 valence electrons. The molecule has 1 aromatic heterocycles. The maximum absolute atomic E-state index is 12.4. The Bertz CT molecular complexity index is 559. The number of pyridine rings is 1. The number of carbonyl (C=O) groups is 1. The Labute approximate surface area is 138 Å². The molecule has 0 radical (unpaired) electrons. The van der Waals surface area contributed by atoms with Gasteiger partial charge in [0, 0.05) is 25.2 Å². The summed E-state index contributed by atoms with van der Waals surface area (Å²) in [5, 5.41) is 3.49. The molecule has 0 aliphatic carbocycles. The van der Waals surface area contributed by atoms with Crippen molar-refractivity contribution < 1.29 is 14.3 Å². The van der Waals surface area contributed by atoms with Gasteiger partial charge < -0.3 is 19.7 Å². The van der Waals surface area contributed by atoms with E-state index in [9.17, 15) is 4.79 Å². The molecule has 0 bridgehead atoms. The minimum Gasteiger partial charge on any atom is -0.480 e. The number of hydrogen-bond acceptors (Lipinski definition) is 6. The maximum atomic E-state index is 12.4. The van der Waals surface area contributed by atoms with Crippen LogP contribution in [0.5, 0.6) is 5.88 Å². The quantitative estimate of drug-likeness (QED) is 0.862. The van der Waals surface area contributed by atoms with E-state index in [1.807, 2.05) is 26.8 Å². The fourth-order valence-corrected chi connectivity index (χ4v) is 2.79. The van der Waals surface area contributed by atoms with Crippen LogP contribution in [-0.2, 0) is 4.74 Å². The van der Waals surface area contributed by atoms with E-state index in [0.29, 0.717) is 23.5 Å². The third-order valence-corrected chi connectivity index (χ3v) is 3.57. The predicted octanol–water partition coefficient (Wildman–Crippen LogP) is 2.23. The topological polar surface area (TPSA) is 63.7 Å². The molecule has 1 fully saturated rings. The smallest absolute Gasteiger partial charge is 0.344 e. The fourth-order valence-electron chi connectivity index (χ4n) is 2.79. The van der Waals surface area contributed by atoms with Crippen molar-refractivity contribution >= 4 is 11.7 Å². The number of esters is 1. The first kappa shape index (κ1) is 17.5. The monoisotopic (exact) mass is 321 g/mol. The van der Waals surface area contributed by atoms with Gasteiger partial charge in [-0.25, -0.2) is 9.78 Å². The van der Waals surface area contributed by atoms with Crippen molar-refractivity contribution in [1.82, 2.24) is 10.3 Å². The van der Waals surface area contributed by atoms with Gasteiger partial charge >= 0.3 is 5.97 Å². The van der Waals surface area contributed by atoms with Crippen LogP contribution in [0.2, 0.25) is 0 Å². The Balaban J connectivity index is 2.29. The third kappa shape index (κ3) is 4.58. The second kappa shape index (κ2) is 6.74. The van der Waals surface area contributed by atoms with Gasteiger partial charge in [-0.1, -0.05) is 0 Å². The van der Waals surface area contributed by atoms with Gasteiger partial charge in [-0.2, -0.15) is 0 Å². The van der Waals surface area contributed by atoms with Crippen LogP contribution in [0.1, 0.15) is 45.0 Å². The van der Waals surface area contributed by atoms with Crippen LogP contribution in [0, 0.1) is 0 Å². The Kier molecular flexibility index (Phi) is 5.14. The average molecular weight is 321 g/mol. The summed E-state index contributed by atoms with van der Waals surface area (Å²) in [5.41, 5.74) is 0.710. The van der Waals surface area contributed by atoms with Gasteiger partial charge in [-0.15, -0.1) is 0 Å². The standard InChI is InChI=1S/C17H27N3O3/c1-11-9-20(10-12(2)19-11)13-7-14(15(22-6)18-8-13)16(21)23-17(3,4)5/h7-8,11-12,19H,9-10H2,1-6H3. The first-order chi connectivity index (χ1) is 10.7. The predicted molar refractivity (Wildman–Crippen MR) is 90.2 cm³/mol. The zero-order valence-corrected chi connectivity index (χ0v) is 14.8. The summed E-state index contributed by atoms with van der Waals surface area (Å²) in [7, 11) is 1.50. The summed E-state index contributed by atoms with van der Waals surface area (Å²) < 4.78 is 10.7. The number of hydrogen-bond donors (Lipinski definition) is 1. The average Bonchev–Trinajstić information content (AvgIpc) is 2.43. The molecular weight excluding hydrogens is 294 g/mol. The zero-order chi connectivity index (χ0) is 17.2. The highest BCUT2D eigenvalue weighted by atomic mass is 16.6. The SMILES string of the molecule is COc1ncc(N2CC(C)NC(C)C2)cc1C(=O)OC(C)(C)C. The second-order valence-corrected chi connectivity index (χ2v) is 7.13. The molecule has 1 aliphatic heterocycles. The summed E-state index contributed by atoms with van der Waals surface area (Å²) in [5.74, 6) is -0.126. The van der Waals surface area contributed by atoms with Crippen LogP contribution in [-0.4, -0.2) is 48.8 Å². The van der Waals surface area contributed by atoms with Crippen molar-refractivity contribution in [3.63, 3.8) is 0 Å². The highest BCUT2D eigenvalue weighted by Gasteiger charge is 2.25. The number of carbonyl (C=O) groups excluding carboxylic acids is 1. The molecule has 0 spiro atoms. The maximum Gasteiger partial charge on any atom is 0.344 e. The molecule has 1 aliphatic rings. The zero-order valence-electron chi connectivity index (χ0n) is 14.8. The van der Waals surface area contributed by atoms with E-state index in [1.165, 1.54) is 7.11 Å². The molecule has 23 heavy (non-hydrogen) atoms. The molecule has 0 saturated carbocycles. The molecule has 1 N–H and O–H groups in total. The van der Waals surface area contributed by atoms with E-state index < -0.39 is 11.6 Å². The van der Waals surface area contributed by atoms with Gasteiger partial charge in [0.05, 0.1) is 19.0 Å². The molecule has 6 heteroatoms. The van der Waals surface area contributed by atoms with Crippen LogP contribution < -0.4 is 15.0 Å². The lowest BCUT2D eigenvalue weighted by molar-refractivity contribution is 0.00658. The van der Waals surface area contributed by atoms with Gasteiger partial charge in [0.2, 0.25) is 5.88 Å². The van der Waals surface area contributed by atoms with E-state index in [4.69, 9.17) is 9.47 Å². The van der Waals surface area contributed by atoms with Crippen LogP contribution in [0.4, 0.5) is 5.69 Å². The Morgan fingerprint density at radius 1 is 1.30 bits per heavy atom. The highest BCUT2D eigenvalue weighted by molar-refractivity contribution is 5.93. The normalized spacial score (nSPS) is 21.9. The lowest BCUT2D eigenvalue weighted by Crippen LogP contribution is -2.54. The van der Waals surface area contributed by atoms with Crippen molar-refractivity contribution in [2.45, 2.75) is 52.3 Å². The van der Waals surface area contributed by atoms with Crippen molar-refractivity contribution in [2.75, 3.05) is 25.1 Å². The van der Waals surface area contributed by atoms with Crippen molar-refractivity contribution in [3.8, 4) is 5.88 Å². The third-order valence-electron chi connectivity index (χ3n) is 3.57. The summed E-state index contributed by atoms with van der Waals surface area (Å²) in [6.07, 6.45) is 1.75. The first-order valence-electron chi connectivity index (χ1n) is 7.98. The summed E-state index contributed by atoms with van der Waals surface area (Å²) >= 11 is 0. The van der Waals surface area contributed by atoms with Gasteiger partial charge in [-0.3, -0.25) is 0 Å². The Morgan fingerprint density at radius 3 is 2.43 bits per heavy atom. The number of piperazine rings is 1. The van der Waals surface area contributed by atoms with Gasteiger partial charge in [-0.05, 0) is 40.7 Å². The number of ether oxygens (including phenoxy) is 2. The summed E-state index contributed by atoms with van der Waals surface area (Å²) in [4.78, 5) is 18.9. The molecule has 1 aromatic rings. The summed E-state index contributed by atoms with van der Waals surface area (Å²) in [6.45, 7) is 11.6. The van der Waals surface area contributed by atoms with E-state index in [0.717, 1.165) is 18.8 Å². The molecular formula is C17H27N3O3. The fraction of sp³-hybridized carbons (Fsp3) is 0.647. The van der Waals surface area contributed by atoms with Crippen molar-refractivity contribution in [3.05, 3.63) is 17.8 Å². The van der Waals surface area contributed by atoms with E-state index in [2.05, 4.69) is 29.0 Å². The lowest BCUT2D eigenvalue weighted by atomic mass is 10.1. The molecule has 2 atom stereocenters. The number of methoxy groups -OCH3 is 1. The lowest BCUT2D eigenvalue weighted by Gasteiger charge is -2.37. The minimum absolute atomic E-state index is 0.291. The molecule has 1 saturated heterocycles. The number of rotatable bonds is 3.